The van der Waals surface area contributed by atoms with Gasteiger partial charge in [-0.25, -0.2) is 13.6 Å². The first-order valence-corrected chi connectivity index (χ1v) is 6.72. The number of rotatable bonds is 5. The molecule has 0 bridgehead atoms. The first-order chi connectivity index (χ1) is 10.6. The van der Waals surface area contributed by atoms with Gasteiger partial charge in [-0.15, -0.1) is 0 Å². The molecule has 6 heteroatoms. The Kier molecular flexibility index (Phi) is 5.30. The summed E-state index contributed by atoms with van der Waals surface area (Å²) in [4.78, 5) is 11.6. The van der Waals surface area contributed by atoms with Crippen molar-refractivity contribution in [2.24, 2.45) is 0 Å². The zero-order chi connectivity index (χ0) is 15.9. The second-order valence-electron chi connectivity index (χ2n) is 4.58. The maximum atomic E-state index is 13.4. The van der Waals surface area contributed by atoms with Crippen LogP contribution in [-0.4, -0.2) is 19.7 Å². The van der Waals surface area contributed by atoms with Gasteiger partial charge in [0.2, 0.25) is 0 Å². The van der Waals surface area contributed by atoms with Gasteiger partial charge < -0.3 is 15.4 Å². The van der Waals surface area contributed by atoms with Gasteiger partial charge in [-0.1, -0.05) is 18.2 Å². The van der Waals surface area contributed by atoms with E-state index in [4.69, 9.17) is 4.74 Å². The molecule has 0 saturated carbocycles. The number of hydrogen-bond acceptors (Lipinski definition) is 2. The minimum absolute atomic E-state index is 0.328. The molecule has 0 fully saturated rings. The van der Waals surface area contributed by atoms with Crippen LogP contribution in [0.4, 0.5) is 19.3 Å². The molecule has 0 aliphatic carbocycles. The minimum atomic E-state index is -0.817. The Morgan fingerprint density at radius 1 is 1.14 bits per heavy atom. The lowest BCUT2D eigenvalue weighted by Crippen LogP contribution is -2.31. The number of benzene rings is 2. The maximum Gasteiger partial charge on any atom is 0.319 e. The highest BCUT2D eigenvalue weighted by atomic mass is 19.1. The largest absolute Gasteiger partial charge is 0.497 e. The van der Waals surface area contributed by atoms with Crippen LogP contribution in [-0.2, 0) is 6.42 Å². The van der Waals surface area contributed by atoms with E-state index in [1.54, 1.807) is 7.11 Å². The number of ether oxygens (including phenoxy) is 1. The van der Waals surface area contributed by atoms with Crippen molar-refractivity contribution < 1.29 is 18.3 Å². The van der Waals surface area contributed by atoms with Crippen LogP contribution in [0.3, 0.4) is 0 Å². The van der Waals surface area contributed by atoms with E-state index in [1.807, 2.05) is 24.3 Å². The molecule has 116 valence electrons. The molecule has 22 heavy (non-hydrogen) atoms. The van der Waals surface area contributed by atoms with Gasteiger partial charge in [0.05, 0.1) is 7.11 Å². The molecule has 2 N–H and O–H groups in total. The standard InChI is InChI=1S/C16H16F2N2O2/c1-22-12-5-2-4-11(10-12)8-9-19-16(21)20-15-13(17)6-3-7-14(15)18/h2-7,10H,8-9H2,1H3,(H2,19,20,21). The number of carbonyl (C=O) groups is 1. The lowest BCUT2D eigenvalue weighted by atomic mass is 10.1. The number of amides is 2. The highest BCUT2D eigenvalue weighted by molar-refractivity contribution is 5.89. The molecule has 4 nitrogen and oxygen atoms in total. The summed E-state index contributed by atoms with van der Waals surface area (Å²) in [7, 11) is 1.58. The Labute approximate surface area is 127 Å². The van der Waals surface area contributed by atoms with Crippen molar-refractivity contribution in [3.05, 3.63) is 59.7 Å². The van der Waals surface area contributed by atoms with E-state index in [0.29, 0.717) is 13.0 Å². The lowest BCUT2D eigenvalue weighted by Gasteiger charge is -2.09. The van der Waals surface area contributed by atoms with Gasteiger partial charge in [-0.3, -0.25) is 0 Å². The quantitative estimate of drug-likeness (QED) is 0.890. The predicted octanol–water partition coefficient (Wildman–Crippen LogP) is 3.34. The van der Waals surface area contributed by atoms with Crippen LogP contribution < -0.4 is 15.4 Å². The molecule has 2 rings (SSSR count). The summed E-state index contributed by atoms with van der Waals surface area (Å²) in [6.07, 6.45) is 0.574. The van der Waals surface area contributed by atoms with Crippen LogP contribution in [0.1, 0.15) is 5.56 Å². The van der Waals surface area contributed by atoms with Gasteiger partial charge in [0.1, 0.15) is 23.1 Å². The molecule has 0 atom stereocenters. The molecule has 0 aromatic heterocycles. The number of anilines is 1. The molecular weight excluding hydrogens is 290 g/mol. The number of urea groups is 1. The Bertz CT molecular complexity index is 642. The topological polar surface area (TPSA) is 50.4 Å². The number of nitrogens with one attached hydrogen (secondary N) is 2. The van der Waals surface area contributed by atoms with Gasteiger partial charge in [-0.05, 0) is 36.2 Å². The molecule has 0 saturated heterocycles. The molecule has 2 aromatic carbocycles. The zero-order valence-electron chi connectivity index (χ0n) is 12.0. The second-order valence-corrected chi connectivity index (χ2v) is 4.58. The molecule has 0 aliphatic rings. The Balaban J connectivity index is 1.85. The summed E-state index contributed by atoms with van der Waals surface area (Å²) >= 11 is 0. The summed E-state index contributed by atoms with van der Waals surface area (Å²) in [5.74, 6) is -0.902. The van der Waals surface area contributed by atoms with Gasteiger partial charge in [0.15, 0.2) is 0 Å². The fraction of sp³-hybridized carbons (Fsp3) is 0.188. The SMILES string of the molecule is COc1cccc(CCNC(=O)Nc2c(F)cccc2F)c1. The number of methoxy groups -OCH3 is 1. The van der Waals surface area contributed by atoms with E-state index in [9.17, 15) is 13.6 Å². The van der Waals surface area contributed by atoms with E-state index in [1.165, 1.54) is 6.07 Å². The van der Waals surface area contributed by atoms with Crippen molar-refractivity contribution in [3.8, 4) is 5.75 Å². The molecule has 2 amide bonds. The molecular formula is C16H16F2N2O2. The first kappa shape index (κ1) is 15.8. The van der Waals surface area contributed by atoms with Crippen LogP contribution in [0.5, 0.6) is 5.75 Å². The second kappa shape index (κ2) is 7.40. The van der Waals surface area contributed by atoms with Crippen molar-refractivity contribution in [2.45, 2.75) is 6.42 Å². The summed E-state index contributed by atoms with van der Waals surface area (Å²) in [5, 5.41) is 4.71. The molecule has 0 radical (unpaired) electrons. The number of hydrogen-bond donors (Lipinski definition) is 2. The molecule has 0 heterocycles. The normalized spacial score (nSPS) is 10.1. The van der Waals surface area contributed by atoms with Crippen molar-refractivity contribution >= 4 is 11.7 Å². The fourth-order valence-corrected chi connectivity index (χ4v) is 1.92. The van der Waals surface area contributed by atoms with Crippen LogP contribution in [0.15, 0.2) is 42.5 Å². The summed E-state index contributed by atoms with van der Waals surface area (Å²) in [5.41, 5.74) is 0.526. The van der Waals surface area contributed by atoms with Gasteiger partial charge in [0, 0.05) is 6.54 Å². The van der Waals surface area contributed by atoms with Crippen molar-refractivity contribution in [1.82, 2.24) is 5.32 Å². The first-order valence-electron chi connectivity index (χ1n) is 6.72. The Morgan fingerprint density at radius 3 is 2.50 bits per heavy atom. The third-order valence-corrected chi connectivity index (χ3v) is 3.03. The third kappa shape index (κ3) is 4.18. The van der Waals surface area contributed by atoms with E-state index >= 15 is 0 Å². The van der Waals surface area contributed by atoms with E-state index in [-0.39, 0.29) is 0 Å². The molecule has 0 unspecified atom stereocenters. The molecule has 0 aliphatic heterocycles. The van der Waals surface area contributed by atoms with E-state index in [0.717, 1.165) is 23.4 Å². The number of para-hydroxylation sites is 1. The van der Waals surface area contributed by atoms with Crippen molar-refractivity contribution in [1.29, 1.82) is 0 Å². The lowest BCUT2D eigenvalue weighted by molar-refractivity contribution is 0.252. The van der Waals surface area contributed by atoms with E-state index < -0.39 is 23.4 Å². The minimum Gasteiger partial charge on any atom is -0.497 e. The van der Waals surface area contributed by atoms with Crippen LogP contribution in [0.2, 0.25) is 0 Å². The highest BCUT2D eigenvalue weighted by Crippen LogP contribution is 2.17. The number of carbonyl (C=O) groups excluding carboxylic acids is 1. The Hall–Kier alpha value is -2.63. The molecule has 2 aromatic rings. The Morgan fingerprint density at radius 2 is 1.82 bits per heavy atom. The summed E-state index contributed by atoms with van der Waals surface area (Å²) < 4.78 is 31.9. The third-order valence-electron chi connectivity index (χ3n) is 3.03. The van der Waals surface area contributed by atoms with Gasteiger partial charge in [-0.2, -0.15) is 0 Å². The highest BCUT2D eigenvalue weighted by Gasteiger charge is 2.11. The maximum absolute atomic E-state index is 13.4. The number of halogens is 2. The fourth-order valence-electron chi connectivity index (χ4n) is 1.92. The summed E-state index contributed by atoms with van der Waals surface area (Å²) in [6, 6.07) is 10.2. The average Bonchev–Trinajstić information content (AvgIpc) is 2.51. The summed E-state index contributed by atoms with van der Waals surface area (Å²) in [6.45, 7) is 0.328. The van der Waals surface area contributed by atoms with Crippen LogP contribution in [0.25, 0.3) is 0 Å². The van der Waals surface area contributed by atoms with Crippen molar-refractivity contribution in [2.75, 3.05) is 19.0 Å². The monoisotopic (exact) mass is 306 g/mol. The smallest absolute Gasteiger partial charge is 0.319 e. The predicted molar refractivity (Wildman–Crippen MR) is 80.1 cm³/mol. The van der Waals surface area contributed by atoms with Crippen LogP contribution >= 0.6 is 0 Å². The molecule has 0 spiro atoms. The van der Waals surface area contributed by atoms with E-state index in [2.05, 4.69) is 10.6 Å². The average molecular weight is 306 g/mol. The van der Waals surface area contributed by atoms with Gasteiger partial charge >= 0.3 is 6.03 Å². The van der Waals surface area contributed by atoms with Crippen molar-refractivity contribution in [3.63, 3.8) is 0 Å². The van der Waals surface area contributed by atoms with Gasteiger partial charge in [0.25, 0.3) is 0 Å². The zero-order valence-corrected chi connectivity index (χ0v) is 12.0. The van der Waals surface area contributed by atoms with Crippen LogP contribution in [0, 0.1) is 11.6 Å².